The van der Waals surface area contributed by atoms with Gasteiger partial charge in [0.1, 0.15) is 5.54 Å². The highest BCUT2D eigenvalue weighted by Crippen LogP contribution is 2.41. The predicted octanol–water partition coefficient (Wildman–Crippen LogP) is 3.98. The van der Waals surface area contributed by atoms with Crippen molar-refractivity contribution < 1.29 is 22.4 Å². The number of H-pyrrole nitrogens is 1. The smallest absolute Gasteiger partial charge is 0.297 e. The molecule has 3 rings (SSSR count). The molecule has 27 heavy (non-hydrogen) atoms. The number of carbonyl (C=O) groups excluding carboxylic acids is 1. The average molecular weight is 384 g/mol. The van der Waals surface area contributed by atoms with Crippen LogP contribution in [0.3, 0.4) is 0 Å². The Kier molecular flexibility index (Phi) is 5.01. The summed E-state index contributed by atoms with van der Waals surface area (Å²) in [4.78, 5) is 24.2. The van der Waals surface area contributed by atoms with Crippen LogP contribution in [0.2, 0.25) is 0 Å². The van der Waals surface area contributed by atoms with E-state index in [1.807, 2.05) is 0 Å². The molecule has 1 saturated carbocycles. The van der Waals surface area contributed by atoms with Gasteiger partial charge in [0, 0.05) is 6.42 Å². The number of aryl methyl sites for hydroxylation is 1. The van der Waals surface area contributed by atoms with Crippen LogP contribution in [0.4, 0.5) is 17.6 Å². The van der Waals surface area contributed by atoms with E-state index in [9.17, 15) is 27.2 Å². The van der Waals surface area contributed by atoms with E-state index in [-0.39, 0.29) is 23.3 Å². The number of aromatic amines is 1. The third-order valence-corrected chi connectivity index (χ3v) is 5.21. The normalized spacial score (nSPS) is 16.2. The van der Waals surface area contributed by atoms with E-state index in [1.165, 1.54) is 16.8 Å². The molecule has 1 aromatic carbocycles. The summed E-state index contributed by atoms with van der Waals surface area (Å²) in [5, 5.41) is 2.30. The number of nitrogens with one attached hydrogen (secondary N) is 1. The monoisotopic (exact) mass is 384 g/mol. The van der Waals surface area contributed by atoms with Gasteiger partial charge in [0.2, 0.25) is 5.82 Å². The van der Waals surface area contributed by atoms with Crippen LogP contribution in [0.15, 0.2) is 29.2 Å². The standard InChI is InChI=1S/C19H20F4N2O2/c1-2-4-13-6-5-12(9-14(13)19(21,22)23)10-16(26)18(7-3-8-18)25-11-15(20)17(27)24-25/h5-6,9,11H,2-4,7-8,10H2,1H3,(H,24,27). The van der Waals surface area contributed by atoms with Crippen LogP contribution in [-0.2, 0) is 29.4 Å². The highest BCUT2D eigenvalue weighted by atomic mass is 19.4. The average Bonchev–Trinajstić information content (AvgIpc) is 2.86. The van der Waals surface area contributed by atoms with Gasteiger partial charge in [-0.3, -0.25) is 19.4 Å². The molecule has 0 amide bonds. The van der Waals surface area contributed by atoms with Crippen molar-refractivity contribution in [3.63, 3.8) is 0 Å². The number of carbonyl (C=O) groups is 1. The third kappa shape index (κ3) is 3.57. The van der Waals surface area contributed by atoms with Gasteiger partial charge in [-0.2, -0.15) is 17.6 Å². The van der Waals surface area contributed by atoms with E-state index < -0.39 is 28.7 Å². The number of hydrogen-bond acceptors (Lipinski definition) is 2. The van der Waals surface area contributed by atoms with Gasteiger partial charge in [0.15, 0.2) is 5.78 Å². The Hall–Kier alpha value is -2.38. The van der Waals surface area contributed by atoms with E-state index in [2.05, 4.69) is 5.10 Å². The van der Waals surface area contributed by atoms with Gasteiger partial charge in [0.05, 0.1) is 11.8 Å². The largest absolute Gasteiger partial charge is 0.416 e. The molecule has 1 aromatic heterocycles. The number of Topliss-reactive ketones (excluding diaryl/α,β-unsaturated/α-hetero) is 1. The second-order valence-electron chi connectivity index (χ2n) is 7.01. The Labute approximate surface area is 153 Å². The van der Waals surface area contributed by atoms with E-state index in [4.69, 9.17) is 0 Å². The summed E-state index contributed by atoms with van der Waals surface area (Å²) >= 11 is 0. The molecule has 1 heterocycles. The zero-order valence-corrected chi connectivity index (χ0v) is 14.8. The van der Waals surface area contributed by atoms with Crippen LogP contribution >= 0.6 is 0 Å². The molecule has 0 saturated heterocycles. The van der Waals surface area contributed by atoms with Gasteiger partial charge in [-0.1, -0.05) is 25.5 Å². The zero-order valence-electron chi connectivity index (χ0n) is 14.8. The molecule has 146 valence electrons. The first-order valence-electron chi connectivity index (χ1n) is 8.87. The maximum atomic E-state index is 13.4. The summed E-state index contributed by atoms with van der Waals surface area (Å²) in [5.41, 5.74) is -2.27. The molecule has 1 aliphatic carbocycles. The lowest BCUT2D eigenvalue weighted by Gasteiger charge is -2.41. The summed E-state index contributed by atoms with van der Waals surface area (Å²) in [6, 6.07) is 3.97. The zero-order chi connectivity index (χ0) is 19.8. The van der Waals surface area contributed by atoms with Crippen molar-refractivity contribution in [2.24, 2.45) is 0 Å². The van der Waals surface area contributed by atoms with Crippen molar-refractivity contribution in [1.82, 2.24) is 9.78 Å². The molecule has 1 aliphatic rings. The fraction of sp³-hybridized carbons (Fsp3) is 0.474. The summed E-state index contributed by atoms with van der Waals surface area (Å²) in [6.45, 7) is 1.80. The van der Waals surface area contributed by atoms with Crippen LogP contribution in [0.1, 0.15) is 49.3 Å². The molecule has 0 spiro atoms. The molecule has 1 fully saturated rings. The molecule has 2 aromatic rings. The highest BCUT2D eigenvalue weighted by Gasteiger charge is 2.46. The maximum Gasteiger partial charge on any atom is 0.416 e. The van der Waals surface area contributed by atoms with Crippen LogP contribution in [0, 0.1) is 5.82 Å². The Bertz CT molecular complexity index is 907. The number of benzene rings is 1. The van der Waals surface area contributed by atoms with Crippen molar-refractivity contribution in [3.05, 3.63) is 57.3 Å². The molecular weight excluding hydrogens is 364 g/mol. The predicted molar refractivity (Wildman–Crippen MR) is 91.0 cm³/mol. The molecule has 4 nitrogen and oxygen atoms in total. The second-order valence-corrected chi connectivity index (χ2v) is 7.01. The lowest BCUT2D eigenvalue weighted by molar-refractivity contribution is -0.138. The van der Waals surface area contributed by atoms with Crippen LogP contribution in [-0.4, -0.2) is 15.6 Å². The van der Waals surface area contributed by atoms with Crippen molar-refractivity contribution in [2.75, 3.05) is 0 Å². The fourth-order valence-corrected chi connectivity index (χ4v) is 3.60. The first kappa shape index (κ1) is 19.4. The van der Waals surface area contributed by atoms with Gasteiger partial charge in [0.25, 0.3) is 5.56 Å². The van der Waals surface area contributed by atoms with E-state index in [0.717, 1.165) is 18.7 Å². The summed E-state index contributed by atoms with van der Waals surface area (Å²) in [7, 11) is 0. The molecule has 0 atom stereocenters. The lowest BCUT2D eigenvalue weighted by Crippen LogP contribution is -2.49. The number of hydrogen-bond donors (Lipinski definition) is 1. The van der Waals surface area contributed by atoms with Crippen molar-refractivity contribution in [3.8, 4) is 0 Å². The molecule has 0 radical (unpaired) electrons. The van der Waals surface area contributed by atoms with E-state index in [1.54, 1.807) is 6.92 Å². The number of aromatic nitrogens is 2. The Morgan fingerprint density at radius 3 is 2.48 bits per heavy atom. The van der Waals surface area contributed by atoms with Crippen LogP contribution < -0.4 is 5.56 Å². The first-order valence-corrected chi connectivity index (χ1v) is 8.87. The molecule has 0 bridgehead atoms. The number of rotatable bonds is 6. The van der Waals surface area contributed by atoms with Crippen LogP contribution in [0.25, 0.3) is 0 Å². The quantitative estimate of drug-likeness (QED) is 0.766. The van der Waals surface area contributed by atoms with E-state index >= 15 is 0 Å². The number of ketones is 1. The number of nitrogens with zero attached hydrogens (tertiary/aromatic N) is 1. The Morgan fingerprint density at radius 1 is 1.30 bits per heavy atom. The van der Waals surface area contributed by atoms with Crippen molar-refractivity contribution >= 4 is 5.78 Å². The first-order chi connectivity index (χ1) is 12.7. The molecular formula is C19H20F4N2O2. The minimum atomic E-state index is -4.49. The van der Waals surface area contributed by atoms with Crippen molar-refractivity contribution in [2.45, 2.75) is 57.2 Å². The molecule has 8 heteroatoms. The Morgan fingerprint density at radius 2 is 2.00 bits per heavy atom. The molecule has 0 aliphatic heterocycles. The van der Waals surface area contributed by atoms with Gasteiger partial charge in [-0.15, -0.1) is 0 Å². The summed E-state index contributed by atoms with van der Waals surface area (Å²) in [5.74, 6) is -1.33. The summed E-state index contributed by atoms with van der Waals surface area (Å²) < 4.78 is 54.6. The number of alkyl halides is 3. The van der Waals surface area contributed by atoms with Gasteiger partial charge >= 0.3 is 6.18 Å². The SMILES string of the molecule is CCCc1ccc(CC(=O)C2(n3cc(F)c(=O)[nH]3)CCC2)cc1C(F)(F)F. The minimum Gasteiger partial charge on any atom is -0.297 e. The molecule has 0 unspecified atom stereocenters. The second kappa shape index (κ2) is 6.98. The van der Waals surface area contributed by atoms with Gasteiger partial charge < -0.3 is 0 Å². The fourth-order valence-electron chi connectivity index (χ4n) is 3.60. The molecule has 1 N–H and O–H groups in total. The third-order valence-electron chi connectivity index (χ3n) is 5.21. The Balaban J connectivity index is 1.90. The van der Waals surface area contributed by atoms with Crippen LogP contribution in [0.5, 0.6) is 0 Å². The lowest BCUT2D eigenvalue weighted by atomic mass is 9.72. The summed E-state index contributed by atoms with van der Waals surface area (Å²) in [6.07, 6.45) is -1.33. The topological polar surface area (TPSA) is 54.9 Å². The maximum absolute atomic E-state index is 13.4. The minimum absolute atomic E-state index is 0.205. The van der Waals surface area contributed by atoms with Gasteiger partial charge in [-0.05, 0) is 42.9 Å². The highest BCUT2D eigenvalue weighted by molar-refractivity contribution is 5.89. The van der Waals surface area contributed by atoms with Gasteiger partial charge in [-0.25, -0.2) is 0 Å². The van der Waals surface area contributed by atoms with Crippen molar-refractivity contribution in [1.29, 1.82) is 0 Å². The number of halogens is 4. The van der Waals surface area contributed by atoms with E-state index in [0.29, 0.717) is 25.7 Å².